The third kappa shape index (κ3) is 3.62. The number of carbonyl (C=O) groups excluding carboxylic acids is 1. The molecule has 3 heterocycles. The van der Waals surface area contributed by atoms with Crippen molar-refractivity contribution >= 4 is 17.1 Å². The van der Waals surface area contributed by atoms with Crippen LogP contribution in [0.1, 0.15) is 24.5 Å². The largest absolute Gasteiger partial charge is 0.497 e. The molecule has 1 amide bonds. The van der Waals surface area contributed by atoms with Crippen LogP contribution in [0.4, 0.5) is 0 Å². The van der Waals surface area contributed by atoms with E-state index in [-0.39, 0.29) is 18.4 Å². The van der Waals surface area contributed by atoms with Crippen LogP contribution < -0.4 is 9.47 Å². The van der Waals surface area contributed by atoms with Gasteiger partial charge in [0.25, 0.3) is 5.91 Å². The number of ether oxygens (including phenoxy) is 2. The van der Waals surface area contributed by atoms with Gasteiger partial charge in [0, 0.05) is 38.4 Å². The first-order chi connectivity index (χ1) is 13.7. The van der Waals surface area contributed by atoms with Gasteiger partial charge in [-0.3, -0.25) is 4.79 Å². The first kappa shape index (κ1) is 18.2. The van der Waals surface area contributed by atoms with Gasteiger partial charge in [0.15, 0.2) is 12.3 Å². The number of carbonyl (C=O) groups is 1. The zero-order chi connectivity index (χ0) is 19.5. The minimum absolute atomic E-state index is 0.0157. The van der Waals surface area contributed by atoms with E-state index in [9.17, 15) is 4.79 Å². The molecular formula is C20H23N5O3. The van der Waals surface area contributed by atoms with Crippen LogP contribution in [-0.4, -0.2) is 57.4 Å². The molecular weight excluding hydrogens is 358 g/mol. The Balaban J connectivity index is 1.42. The summed E-state index contributed by atoms with van der Waals surface area (Å²) in [4.78, 5) is 23.3. The van der Waals surface area contributed by atoms with Crippen LogP contribution in [0, 0.1) is 0 Å². The fourth-order valence-electron chi connectivity index (χ4n) is 3.61. The molecule has 0 spiro atoms. The summed E-state index contributed by atoms with van der Waals surface area (Å²) in [6, 6.07) is 7.21. The number of fused-ring (bicyclic) bond motifs is 1. The van der Waals surface area contributed by atoms with Gasteiger partial charge in [-0.25, -0.2) is 14.6 Å². The average molecular weight is 381 g/mol. The van der Waals surface area contributed by atoms with Crippen LogP contribution in [0.25, 0.3) is 11.2 Å². The third-order valence-corrected chi connectivity index (χ3v) is 5.07. The minimum atomic E-state index is -0.0214. The summed E-state index contributed by atoms with van der Waals surface area (Å²) >= 11 is 0. The number of benzene rings is 1. The molecule has 1 aromatic carbocycles. The summed E-state index contributed by atoms with van der Waals surface area (Å²) in [5.74, 6) is 1.53. The molecule has 1 saturated heterocycles. The Morgan fingerprint density at radius 3 is 2.71 bits per heavy atom. The normalized spacial score (nSPS) is 16.9. The van der Waals surface area contributed by atoms with Gasteiger partial charge in [-0.2, -0.15) is 5.10 Å². The molecule has 146 valence electrons. The lowest BCUT2D eigenvalue weighted by atomic mass is 9.94. The van der Waals surface area contributed by atoms with Crippen molar-refractivity contribution in [3.63, 3.8) is 0 Å². The van der Waals surface area contributed by atoms with E-state index in [0.717, 1.165) is 42.0 Å². The number of methoxy groups -OCH3 is 1. The zero-order valence-electron chi connectivity index (χ0n) is 16.0. The Kier molecular flexibility index (Phi) is 5.10. The van der Waals surface area contributed by atoms with Crippen molar-refractivity contribution in [2.75, 3.05) is 26.8 Å². The van der Waals surface area contributed by atoms with E-state index in [1.165, 1.54) is 0 Å². The van der Waals surface area contributed by atoms with Crippen LogP contribution in [0.2, 0.25) is 0 Å². The molecule has 28 heavy (non-hydrogen) atoms. The lowest BCUT2D eigenvalue weighted by Gasteiger charge is -2.32. The van der Waals surface area contributed by atoms with E-state index in [1.54, 1.807) is 36.3 Å². The van der Waals surface area contributed by atoms with Gasteiger partial charge in [0.2, 0.25) is 0 Å². The maximum absolute atomic E-state index is 12.7. The molecule has 0 bridgehead atoms. The van der Waals surface area contributed by atoms with Gasteiger partial charge in [-0.05, 0) is 37.1 Å². The Labute approximate surface area is 163 Å². The van der Waals surface area contributed by atoms with Crippen LogP contribution in [0.3, 0.4) is 0 Å². The summed E-state index contributed by atoms with van der Waals surface area (Å²) in [6.45, 7) is 1.37. The Bertz CT molecular complexity index is 970. The van der Waals surface area contributed by atoms with Gasteiger partial charge in [0.05, 0.1) is 12.8 Å². The molecule has 0 saturated carbocycles. The second-order valence-corrected chi connectivity index (χ2v) is 6.88. The summed E-state index contributed by atoms with van der Waals surface area (Å²) in [5.41, 5.74) is 2.50. The van der Waals surface area contributed by atoms with Crippen molar-refractivity contribution in [3.05, 3.63) is 42.4 Å². The van der Waals surface area contributed by atoms with Crippen molar-refractivity contribution in [3.8, 4) is 11.5 Å². The van der Waals surface area contributed by atoms with E-state index in [2.05, 4.69) is 15.1 Å². The van der Waals surface area contributed by atoms with Crippen molar-refractivity contribution in [2.24, 2.45) is 7.05 Å². The van der Waals surface area contributed by atoms with E-state index in [1.807, 2.05) is 24.1 Å². The number of likely N-dealkylation sites (tertiary alicyclic amines) is 1. The highest BCUT2D eigenvalue weighted by atomic mass is 16.5. The first-order valence-electron chi connectivity index (χ1n) is 9.34. The molecule has 1 aliphatic rings. The molecule has 0 unspecified atom stereocenters. The zero-order valence-corrected chi connectivity index (χ0v) is 16.0. The molecule has 0 radical (unpaired) electrons. The van der Waals surface area contributed by atoms with Crippen molar-refractivity contribution in [1.29, 1.82) is 0 Å². The van der Waals surface area contributed by atoms with Crippen LogP contribution in [0.15, 0.2) is 36.7 Å². The van der Waals surface area contributed by atoms with Crippen molar-refractivity contribution < 1.29 is 14.3 Å². The highest BCUT2D eigenvalue weighted by molar-refractivity contribution is 5.78. The third-order valence-electron chi connectivity index (χ3n) is 5.07. The monoisotopic (exact) mass is 381 g/mol. The van der Waals surface area contributed by atoms with E-state index >= 15 is 0 Å². The number of hydrogen-bond donors (Lipinski definition) is 0. The van der Waals surface area contributed by atoms with Gasteiger partial charge >= 0.3 is 0 Å². The molecule has 4 rings (SSSR count). The smallest absolute Gasteiger partial charge is 0.260 e. The number of aromatic nitrogens is 4. The van der Waals surface area contributed by atoms with Gasteiger partial charge in [-0.1, -0.05) is 0 Å². The molecule has 0 N–H and O–H groups in total. The summed E-state index contributed by atoms with van der Waals surface area (Å²) < 4.78 is 12.5. The van der Waals surface area contributed by atoms with Crippen LogP contribution in [0.5, 0.6) is 11.5 Å². The number of amides is 1. The molecule has 3 aromatic rings. The number of hydrogen-bond acceptors (Lipinski definition) is 6. The van der Waals surface area contributed by atoms with Gasteiger partial charge < -0.3 is 14.4 Å². The van der Waals surface area contributed by atoms with Gasteiger partial charge in [0.1, 0.15) is 17.0 Å². The maximum atomic E-state index is 12.7. The maximum Gasteiger partial charge on any atom is 0.260 e. The van der Waals surface area contributed by atoms with E-state index in [4.69, 9.17) is 9.47 Å². The van der Waals surface area contributed by atoms with Crippen molar-refractivity contribution in [2.45, 2.75) is 18.8 Å². The lowest BCUT2D eigenvalue weighted by Crippen LogP contribution is -2.41. The number of nitrogens with zero attached hydrogens (tertiary/aromatic N) is 5. The van der Waals surface area contributed by atoms with Crippen molar-refractivity contribution in [1.82, 2.24) is 24.6 Å². The Hall–Kier alpha value is -3.16. The predicted molar refractivity (Wildman–Crippen MR) is 103 cm³/mol. The summed E-state index contributed by atoms with van der Waals surface area (Å²) in [6.07, 6.45) is 5.26. The second kappa shape index (κ2) is 7.84. The molecule has 2 aromatic heterocycles. The fraction of sp³-hybridized carbons (Fsp3) is 0.400. The predicted octanol–water partition coefficient (Wildman–Crippen LogP) is 2.16. The van der Waals surface area contributed by atoms with Crippen LogP contribution in [-0.2, 0) is 11.8 Å². The van der Waals surface area contributed by atoms with Crippen LogP contribution >= 0.6 is 0 Å². The SMILES string of the molecule is COc1ccc(OCC(=O)N2CCC[C@@H](c3nn(C)c4nccnc34)C2)cc1. The quantitative estimate of drug-likeness (QED) is 0.674. The highest BCUT2D eigenvalue weighted by Crippen LogP contribution is 2.29. The fourth-order valence-corrected chi connectivity index (χ4v) is 3.61. The van der Waals surface area contributed by atoms with Gasteiger partial charge in [-0.15, -0.1) is 0 Å². The molecule has 1 aliphatic heterocycles. The van der Waals surface area contributed by atoms with E-state index in [0.29, 0.717) is 12.3 Å². The topological polar surface area (TPSA) is 82.4 Å². The molecule has 0 aliphatic carbocycles. The highest BCUT2D eigenvalue weighted by Gasteiger charge is 2.29. The molecule has 1 atom stereocenters. The molecule has 8 heteroatoms. The molecule has 1 fully saturated rings. The Morgan fingerprint density at radius 1 is 1.18 bits per heavy atom. The molecule has 8 nitrogen and oxygen atoms in total. The van der Waals surface area contributed by atoms with E-state index < -0.39 is 0 Å². The average Bonchev–Trinajstić information content (AvgIpc) is 3.09. The summed E-state index contributed by atoms with van der Waals surface area (Å²) in [7, 11) is 3.48. The number of aryl methyl sites for hydroxylation is 1. The number of piperidine rings is 1. The minimum Gasteiger partial charge on any atom is -0.497 e. The lowest BCUT2D eigenvalue weighted by molar-refractivity contribution is -0.134. The summed E-state index contributed by atoms with van der Waals surface area (Å²) in [5, 5.41) is 4.63. The number of rotatable bonds is 5. The Morgan fingerprint density at radius 2 is 1.93 bits per heavy atom. The standard InChI is InChI=1S/C20H23N5O3/c1-24-20-19(21-9-10-22-20)18(23-24)14-4-3-11-25(12-14)17(26)13-28-16-7-5-15(27-2)6-8-16/h5-10,14H,3-4,11-13H2,1-2H3/t14-/m1/s1. The second-order valence-electron chi connectivity index (χ2n) is 6.88. The first-order valence-corrected chi connectivity index (χ1v) is 9.34.